The number of benzene rings is 2. The number of carbonyl (C=O) groups excluding carboxylic acids is 3. The van der Waals surface area contributed by atoms with Crippen LogP contribution in [0.5, 0.6) is 11.5 Å². The normalized spacial score (nSPS) is 16.0. The summed E-state index contributed by atoms with van der Waals surface area (Å²) >= 11 is 0. The topological polar surface area (TPSA) is 113 Å². The fourth-order valence-electron chi connectivity index (χ4n) is 5.32. The number of nitrogens with zero attached hydrogens (tertiary/aromatic N) is 1. The van der Waals surface area contributed by atoms with E-state index in [4.69, 9.17) is 23.7 Å². The maximum Gasteiger partial charge on any atom is 0.416 e. The van der Waals surface area contributed by atoms with E-state index in [2.05, 4.69) is 5.32 Å². The van der Waals surface area contributed by atoms with E-state index in [1.807, 2.05) is 0 Å². The highest BCUT2D eigenvalue weighted by molar-refractivity contribution is 5.91. The number of esters is 1. The zero-order valence-corrected chi connectivity index (χ0v) is 27.6. The van der Waals surface area contributed by atoms with E-state index in [-0.39, 0.29) is 37.2 Å². The van der Waals surface area contributed by atoms with Gasteiger partial charge in [-0.1, -0.05) is 0 Å². The van der Waals surface area contributed by atoms with E-state index < -0.39 is 60.8 Å². The lowest BCUT2D eigenvalue weighted by molar-refractivity contribution is -0.144. The Hall–Kier alpha value is -4.37. The molecular weight excluding hydrogens is 666 g/mol. The number of unbranched alkanes of at least 4 members (excludes halogenated alkanes) is 2. The molecular formula is C33H40F6N2O8. The van der Waals surface area contributed by atoms with Crippen molar-refractivity contribution in [2.75, 3.05) is 38.4 Å². The minimum absolute atomic E-state index is 0.0255. The van der Waals surface area contributed by atoms with Crippen LogP contribution >= 0.6 is 0 Å². The second kappa shape index (κ2) is 17.3. The molecule has 0 saturated carbocycles. The van der Waals surface area contributed by atoms with E-state index in [0.29, 0.717) is 67.2 Å². The molecule has 2 aromatic rings. The molecule has 49 heavy (non-hydrogen) atoms. The predicted octanol–water partition coefficient (Wildman–Crippen LogP) is 8.00. The molecule has 0 fully saturated rings. The Morgan fingerprint density at radius 3 is 2.08 bits per heavy atom. The fraction of sp³-hybridized carbons (Fsp3) is 0.545. The maximum absolute atomic E-state index is 13.2. The molecule has 0 bridgehead atoms. The van der Waals surface area contributed by atoms with Crippen LogP contribution in [0.25, 0.3) is 0 Å². The highest BCUT2D eigenvalue weighted by Gasteiger charge is 2.38. The molecule has 0 aromatic heterocycles. The van der Waals surface area contributed by atoms with Gasteiger partial charge >= 0.3 is 30.5 Å². The van der Waals surface area contributed by atoms with Gasteiger partial charge in [-0.25, -0.2) is 9.59 Å². The smallest absolute Gasteiger partial charge is 0.416 e. The number of nitrogens with one attached hydrogen (secondary N) is 1. The summed E-state index contributed by atoms with van der Waals surface area (Å²) in [6.07, 6.45) is -9.60. The summed E-state index contributed by atoms with van der Waals surface area (Å²) in [5, 5.41) is 2.68. The Morgan fingerprint density at radius 2 is 1.49 bits per heavy atom. The van der Waals surface area contributed by atoms with Gasteiger partial charge in [-0.2, -0.15) is 26.3 Å². The summed E-state index contributed by atoms with van der Waals surface area (Å²) in [5.74, 6) is 0.347. The van der Waals surface area contributed by atoms with Gasteiger partial charge in [-0.15, -0.1) is 0 Å². The quantitative estimate of drug-likeness (QED) is 0.0911. The minimum Gasteiger partial charge on any atom is -0.493 e. The number of methoxy groups -OCH3 is 1. The molecule has 1 aliphatic heterocycles. The summed E-state index contributed by atoms with van der Waals surface area (Å²) < 4.78 is 106. The number of carbonyl (C=O) groups is 3. The molecule has 3 rings (SSSR count). The molecule has 1 heterocycles. The number of amides is 2. The standard InChI is InChI=1S/C33H40F6N2O8/c1-5-46-29(42)10-8-7-9-12-48-28-19-26-24(18-27(28)45-4)25(14-20(3)41(26)31(44)47-6-2)40-30(43)49-13-11-21-15-22(32(34,35)36)17-23(16-21)33(37,38)39/h15-20,25H,5-14H2,1-4H3,(H,40,43). The Balaban J connectivity index is 1.75. The van der Waals surface area contributed by atoms with E-state index >= 15 is 0 Å². The summed E-state index contributed by atoms with van der Waals surface area (Å²) in [5.41, 5.74) is -2.43. The van der Waals surface area contributed by atoms with Crippen LogP contribution in [0.15, 0.2) is 30.3 Å². The van der Waals surface area contributed by atoms with Crippen LogP contribution in [0, 0.1) is 0 Å². The zero-order chi connectivity index (χ0) is 36.4. The number of hydrogen-bond acceptors (Lipinski definition) is 8. The number of anilines is 1. The average molecular weight is 707 g/mol. The lowest BCUT2D eigenvalue weighted by Gasteiger charge is -2.39. The van der Waals surface area contributed by atoms with Crippen molar-refractivity contribution in [2.24, 2.45) is 0 Å². The molecule has 2 unspecified atom stereocenters. The van der Waals surface area contributed by atoms with Crippen molar-refractivity contribution in [3.8, 4) is 11.5 Å². The molecule has 1 N–H and O–H groups in total. The van der Waals surface area contributed by atoms with Gasteiger partial charge < -0.3 is 29.0 Å². The van der Waals surface area contributed by atoms with Crippen LogP contribution in [0.4, 0.5) is 41.6 Å². The highest BCUT2D eigenvalue weighted by atomic mass is 19.4. The number of alkyl carbamates (subject to hydrolysis) is 1. The first-order chi connectivity index (χ1) is 23.1. The van der Waals surface area contributed by atoms with E-state index in [9.17, 15) is 40.7 Å². The van der Waals surface area contributed by atoms with Crippen LogP contribution in [-0.2, 0) is 37.8 Å². The SMILES string of the molecule is CCOC(=O)CCCCCOc1cc2c(cc1OC)C(NC(=O)OCCc1cc(C(F)(F)F)cc(C(F)(F)F)c1)CC(C)N2C(=O)OCC. The maximum atomic E-state index is 13.2. The molecule has 272 valence electrons. The van der Waals surface area contributed by atoms with Gasteiger partial charge in [0.2, 0.25) is 0 Å². The molecule has 0 aliphatic carbocycles. The summed E-state index contributed by atoms with van der Waals surface area (Å²) in [6.45, 7) is 5.31. The third-order valence-corrected chi connectivity index (χ3v) is 7.58. The first-order valence-electron chi connectivity index (χ1n) is 15.8. The molecule has 16 heteroatoms. The minimum atomic E-state index is -5.01. The van der Waals surface area contributed by atoms with Crippen molar-refractivity contribution in [3.63, 3.8) is 0 Å². The number of alkyl halides is 6. The first kappa shape index (κ1) is 39.1. The van der Waals surface area contributed by atoms with Crippen molar-refractivity contribution in [1.29, 1.82) is 0 Å². The Kier molecular flexibility index (Phi) is 13.8. The van der Waals surface area contributed by atoms with Gasteiger partial charge in [-0.3, -0.25) is 9.69 Å². The number of halogens is 6. The molecule has 2 amide bonds. The first-order valence-corrected chi connectivity index (χ1v) is 15.8. The van der Waals surface area contributed by atoms with Crippen LogP contribution in [0.1, 0.15) is 81.2 Å². The van der Waals surface area contributed by atoms with Gasteiger partial charge in [0, 0.05) is 30.5 Å². The number of hydrogen-bond donors (Lipinski definition) is 1. The molecule has 2 atom stereocenters. The predicted molar refractivity (Wildman–Crippen MR) is 165 cm³/mol. The molecule has 2 aromatic carbocycles. The van der Waals surface area contributed by atoms with Crippen LogP contribution < -0.4 is 19.7 Å². The van der Waals surface area contributed by atoms with Gasteiger partial charge in [0.15, 0.2) is 11.5 Å². The number of fused-ring (bicyclic) bond motifs is 1. The van der Waals surface area contributed by atoms with Crippen molar-refractivity contribution >= 4 is 23.8 Å². The molecule has 1 aliphatic rings. The van der Waals surface area contributed by atoms with Crippen LogP contribution in [0.2, 0.25) is 0 Å². The Morgan fingerprint density at radius 1 is 0.837 bits per heavy atom. The van der Waals surface area contributed by atoms with Gasteiger partial charge in [0.25, 0.3) is 0 Å². The Bertz CT molecular complexity index is 1420. The van der Waals surface area contributed by atoms with E-state index in [1.165, 1.54) is 12.0 Å². The van der Waals surface area contributed by atoms with Crippen LogP contribution in [-0.4, -0.2) is 57.7 Å². The third kappa shape index (κ3) is 11.1. The second-order valence-electron chi connectivity index (χ2n) is 11.2. The van der Waals surface area contributed by atoms with Crippen LogP contribution in [0.3, 0.4) is 0 Å². The Labute approximate surface area is 280 Å². The number of ether oxygens (including phenoxy) is 5. The largest absolute Gasteiger partial charge is 0.493 e. The van der Waals surface area contributed by atoms with E-state index in [0.717, 1.165) is 0 Å². The summed E-state index contributed by atoms with van der Waals surface area (Å²) in [6, 6.07) is 3.13. The molecule has 10 nitrogen and oxygen atoms in total. The monoisotopic (exact) mass is 706 g/mol. The third-order valence-electron chi connectivity index (χ3n) is 7.58. The zero-order valence-electron chi connectivity index (χ0n) is 27.6. The van der Waals surface area contributed by atoms with Gasteiger partial charge in [-0.05, 0) is 76.3 Å². The van der Waals surface area contributed by atoms with Gasteiger partial charge in [0.05, 0.1) is 56.4 Å². The molecule has 0 saturated heterocycles. The summed E-state index contributed by atoms with van der Waals surface area (Å²) in [4.78, 5) is 38.8. The lowest BCUT2D eigenvalue weighted by Crippen LogP contribution is -2.46. The lowest BCUT2D eigenvalue weighted by atomic mass is 9.91. The average Bonchev–Trinajstić information content (AvgIpc) is 3.01. The fourth-order valence-corrected chi connectivity index (χ4v) is 5.32. The second-order valence-corrected chi connectivity index (χ2v) is 11.2. The highest BCUT2D eigenvalue weighted by Crippen LogP contribution is 2.44. The van der Waals surface area contributed by atoms with Crippen molar-refractivity contribution in [2.45, 2.75) is 83.7 Å². The van der Waals surface area contributed by atoms with Crippen molar-refractivity contribution in [3.05, 3.63) is 52.6 Å². The van der Waals surface area contributed by atoms with Crippen molar-refractivity contribution < 1.29 is 64.4 Å². The molecule has 0 spiro atoms. The van der Waals surface area contributed by atoms with Crippen molar-refractivity contribution in [1.82, 2.24) is 5.32 Å². The summed E-state index contributed by atoms with van der Waals surface area (Å²) in [7, 11) is 1.41. The molecule has 0 radical (unpaired) electrons. The van der Waals surface area contributed by atoms with E-state index in [1.54, 1.807) is 32.9 Å². The number of rotatable bonds is 14. The van der Waals surface area contributed by atoms with Gasteiger partial charge in [0.1, 0.15) is 0 Å².